The molecular weight excluding hydrogens is 330 g/mol. The van der Waals surface area contributed by atoms with Gasteiger partial charge in [-0.1, -0.05) is 22.0 Å². The van der Waals surface area contributed by atoms with Gasteiger partial charge < -0.3 is 15.2 Å². The highest BCUT2D eigenvalue weighted by Gasteiger charge is 2.21. The fourth-order valence-corrected chi connectivity index (χ4v) is 1.89. The van der Waals surface area contributed by atoms with Crippen molar-refractivity contribution in [2.24, 2.45) is 0 Å². The first-order valence-corrected chi connectivity index (χ1v) is 6.59. The molecule has 0 aliphatic heterocycles. The molecule has 1 aromatic rings. The first-order valence-electron chi connectivity index (χ1n) is 5.80. The SMILES string of the molecule is COC(=O)CC[C@@H](NC(=O)c1cccc(Br)c1)C(=O)O. The Balaban J connectivity index is 2.68. The van der Waals surface area contributed by atoms with Crippen LogP contribution in [0.4, 0.5) is 0 Å². The van der Waals surface area contributed by atoms with Gasteiger partial charge in [-0.3, -0.25) is 9.59 Å². The molecule has 7 heteroatoms. The van der Waals surface area contributed by atoms with Gasteiger partial charge in [0.05, 0.1) is 7.11 Å². The van der Waals surface area contributed by atoms with Gasteiger partial charge in [-0.15, -0.1) is 0 Å². The summed E-state index contributed by atoms with van der Waals surface area (Å²) in [4.78, 5) is 34.0. The van der Waals surface area contributed by atoms with E-state index in [0.717, 1.165) is 0 Å². The number of halogens is 1. The van der Waals surface area contributed by atoms with Gasteiger partial charge in [0.1, 0.15) is 6.04 Å². The third-order valence-electron chi connectivity index (χ3n) is 2.56. The number of nitrogens with one attached hydrogen (secondary N) is 1. The van der Waals surface area contributed by atoms with E-state index >= 15 is 0 Å². The Labute approximate surface area is 124 Å². The summed E-state index contributed by atoms with van der Waals surface area (Å²) in [5.41, 5.74) is 0.337. The van der Waals surface area contributed by atoms with Crippen LogP contribution in [0.25, 0.3) is 0 Å². The molecule has 0 radical (unpaired) electrons. The van der Waals surface area contributed by atoms with Gasteiger partial charge in [-0.25, -0.2) is 4.79 Å². The molecule has 0 saturated carbocycles. The highest BCUT2D eigenvalue weighted by Crippen LogP contribution is 2.12. The van der Waals surface area contributed by atoms with E-state index in [1.807, 2.05) is 0 Å². The fraction of sp³-hybridized carbons (Fsp3) is 0.308. The number of amides is 1. The number of carbonyl (C=O) groups is 3. The molecule has 2 N–H and O–H groups in total. The summed E-state index contributed by atoms with van der Waals surface area (Å²) in [5, 5.41) is 11.4. The molecule has 20 heavy (non-hydrogen) atoms. The smallest absolute Gasteiger partial charge is 0.326 e. The molecule has 0 aliphatic rings. The lowest BCUT2D eigenvalue weighted by molar-refractivity contribution is -0.142. The minimum atomic E-state index is -1.20. The lowest BCUT2D eigenvalue weighted by Crippen LogP contribution is -2.41. The molecule has 1 aromatic carbocycles. The summed E-state index contributed by atoms with van der Waals surface area (Å²) < 4.78 is 5.15. The number of hydrogen-bond donors (Lipinski definition) is 2. The number of ether oxygens (including phenoxy) is 1. The number of benzene rings is 1. The first kappa shape index (κ1) is 16.2. The second-order valence-electron chi connectivity index (χ2n) is 3.99. The largest absolute Gasteiger partial charge is 0.480 e. The van der Waals surface area contributed by atoms with Crippen LogP contribution >= 0.6 is 15.9 Å². The number of carboxylic acids is 1. The summed E-state index contributed by atoms with van der Waals surface area (Å²) in [6, 6.07) is 5.43. The van der Waals surface area contributed by atoms with E-state index in [2.05, 4.69) is 26.0 Å². The molecule has 0 heterocycles. The predicted molar refractivity (Wildman–Crippen MR) is 74.3 cm³/mol. The maximum Gasteiger partial charge on any atom is 0.326 e. The van der Waals surface area contributed by atoms with Gasteiger partial charge in [0, 0.05) is 16.5 Å². The quantitative estimate of drug-likeness (QED) is 0.765. The van der Waals surface area contributed by atoms with Gasteiger partial charge in [0.15, 0.2) is 0 Å². The van der Waals surface area contributed by atoms with Crippen LogP contribution in [0, 0.1) is 0 Å². The third kappa shape index (κ3) is 5.00. The second-order valence-corrected chi connectivity index (χ2v) is 4.91. The first-order chi connectivity index (χ1) is 9.43. The van der Waals surface area contributed by atoms with Crippen molar-refractivity contribution in [3.05, 3.63) is 34.3 Å². The fourth-order valence-electron chi connectivity index (χ4n) is 1.49. The maximum atomic E-state index is 11.9. The van der Waals surface area contributed by atoms with E-state index in [4.69, 9.17) is 5.11 Å². The Morgan fingerprint density at radius 2 is 2.10 bits per heavy atom. The highest BCUT2D eigenvalue weighted by molar-refractivity contribution is 9.10. The molecule has 108 valence electrons. The van der Waals surface area contributed by atoms with Gasteiger partial charge in [0.25, 0.3) is 5.91 Å². The molecule has 0 aliphatic carbocycles. The molecular formula is C13H14BrNO5. The van der Waals surface area contributed by atoms with Crippen molar-refractivity contribution >= 4 is 33.8 Å². The lowest BCUT2D eigenvalue weighted by Gasteiger charge is -2.14. The van der Waals surface area contributed by atoms with Crippen LogP contribution in [-0.4, -0.2) is 36.1 Å². The minimum absolute atomic E-state index is 0.0260. The van der Waals surface area contributed by atoms with Crippen LogP contribution in [0.5, 0.6) is 0 Å². The van der Waals surface area contributed by atoms with E-state index in [1.165, 1.54) is 7.11 Å². The molecule has 1 atom stereocenters. The van der Waals surface area contributed by atoms with Gasteiger partial charge in [-0.05, 0) is 24.6 Å². The number of esters is 1. The Bertz CT molecular complexity index is 517. The molecule has 0 spiro atoms. The monoisotopic (exact) mass is 343 g/mol. The van der Waals surface area contributed by atoms with Gasteiger partial charge >= 0.3 is 11.9 Å². The second kappa shape index (κ2) is 7.64. The van der Waals surface area contributed by atoms with E-state index in [0.29, 0.717) is 10.0 Å². The van der Waals surface area contributed by atoms with E-state index in [1.54, 1.807) is 24.3 Å². The van der Waals surface area contributed by atoms with Crippen LogP contribution in [-0.2, 0) is 14.3 Å². The normalized spacial score (nSPS) is 11.5. The summed E-state index contributed by atoms with van der Waals surface area (Å²) in [5.74, 6) is -2.23. The van der Waals surface area contributed by atoms with Crippen LogP contribution in [0.15, 0.2) is 28.7 Å². The average Bonchev–Trinajstić information content (AvgIpc) is 2.42. The maximum absolute atomic E-state index is 11.9. The van der Waals surface area contributed by atoms with Crippen LogP contribution in [0.1, 0.15) is 23.2 Å². The van der Waals surface area contributed by atoms with E-state index in [-0.39, 0.29) is 12.8 Å². The third-order valence-corrected chi connectivity index (χ3v) is 3.05. The average molecular weight is 344 g/mol. The Hall–Kier alpha value is -1.89. The molecule has 0 fully saturated rings. The minimum Gasteiger partial charge on any atom is -0.480 e. The zero-order valence-electron chi connectivity index (χ0n) is 10.8. The number of carbonyl (C=O) groups excluding carboxylic acids is 2. The highest BCUT2D eigenvalue weighted by atomic mass is 79.9. The summed E-state index contributed by atoms with van der Waals surface area (Å²) in [6.07, 6.45) is -0.103. The number of carboxylic acid groups (broad SMARTS) is 1. The predicted octanol–water partition coefficient (Wildman–Crippen LogP) is 1.59. The van der Waals surface area contributed by atoms with Crippen molar-refractivity contribution in [3.63, 3.8) is 0 Å². The van der Waals surface area contributed by atoms with Crippen molar-refractivity contribution in [1.29, 1.82) is 0 Å². The van der Waals surface area contributed by atoms with Gasteiger partial charge in [0.2, 0.25) is 0 Å². The summed E-state index contributed by atoms with van der Waals surface area (Å²) in [6.45, 7) is 0. The molecule has 1 amide bonds. The lowest BCUT2D eigenvalue weighted by atomic mass is 10.1. The standard InChI is InChI=1S/C13H14BrNO5/c1-20-11(16)6-5-10(13(18)19)15-12(17)8-3-2-4-9(14)7-8/h2-4,7,10H,5-6H2,1H3,(H,15,17)(H,18,19)/t10-/m1/s1. The Morgan fingerprint density at radius 1 is 1.40 bits per heavy atom. The number of rotatable bonds is 6. The molecule has 0 unspecified atom stereocenters. The van der Waals surface area contributed by atoms with Crippen LogP contribution in [0.2, 0.25) is 0 Å². The Morgan fingerprint density at radius 3 is 2.65 bits per heavy atom. The molecule has 0 bridgehead atoms. The van der Waals surface area contributed by atoms with Crippen molar-refractivity contribution < 1.29 is 24.2 Å². The number of hydrogen-bond acceptors (Lipinski definition) is 4. The van der Waals surface area contributed by atoms with Crippen molar-refractivity contribution in [1.82, 2.24) is 5.32 Å². The molecule has 1 rings (SSSR count). The molecule has 0 saturated heterocycles. The number of methoxy groups -OCH3 is 1. The Kier molecular flexibility index (Phi) is 6.17. The van der Waals surface area contributed by atoms with E-state index < -0.39 is 23.9 Å². The topological polar surface area (TPSA) is 92.7 Å². The summed E-state index contributed by atoms with van der Waals surface area (Å²) in [7, 11) is 1.22. The molecule has 0 aromatic heterocycles. The van der Waals surface area contributed by atoms with Crippen LogP contribution in [0.3, 0.4) is 0 Å². The van der Waals surface area contributed by atoms with Crippen molar-refractivity contribution in [2.45, 2.75) is 18.9 Å². The zero-order valence-corrected chi connectivity index (χ0v) is 12.3. The van der Waals surface area contributed by atoms with Crippen molar-refractivity contribution in [3.8, 4) is 0 Å². The number of aliphatic carboxylic acids is 1. The van der Waals surface area contributed by atoms with Crippen molar-refractivity contribution in [2.75, 3.05) is 7.11 Å². The zero-order chi connectivity index (χ0) is 15.1. The van der Waals surface area contributed by atoms with Crippen LogP contribution < -0.4 is 5.32 Å². The summed E-state index contributed by atoms with van der Waals surface area (Å²) >= 11 is 3.23. The molecule has 6 nitrogen and oxygen atoms in total. The van der Waals surface area contributed by atoms with Gasteiger partial charge in [-0.2, -0.15) is 0 Å². The van der Waals surface area contributed by atoms with E-state index in [9.17, 15) is 14.4 Å².